The van der Waals surface area contributed by atoms with E-state index in [1.807, 2.05) is 0 Å². The number of hydrogen-bond donors (Lipinski definition) is 1. The molecule has 0 heterocycles. The molecule has 7 nitrogen and oxygen atoms in total. The first-order valence-electron chi connectivity index (χ1n) is 5.83. The molecule has 0 aromatic rings. The van der Waals surface area contributed by atoms with Crippen molar-refractivity contribution in [1.29, 1.82) is 0 Å². The molecular weight excluding hydrogens is 240 g/mol. The fraction of sp³-hybridized carbons (Fsp3) is 0.727. The van der Waals surface area contributed by atoms with Gasteiger partial charge in [0.1, 0.15) is 13.1 Å². The summed E-state index contributed by atoms with van der Waals surface area (Å²) in [5.74, 6) is -1.57. The minimum atomic E-state index is -1.05. The highest BCUT2D eigenvalue weighted by Crippen LogP contribution is 2.27. The van der Waals surface area contributed by atoms with E-state index in [9.17, 15) is 14.4 Å². The van der Waals surface area contributed by atoms with Crippen molar-refractivity contribution >= 4 is 18.0 Å². The Morgan fingerprint density at radius 1 is 1.28 bits per heavy atom. The van der Waals surface area contributed by atoms with Crippen LogP contribution in [0.25, 0.3) is 0 Å². The molecule has 0 aromatic heterocycles. The van der Waals surface area contributed by atoms with E-state index in [1.54, 1.807) is 6.92 Å². The van der Waals surface area contributed by atoms with E-state index in [1.165, 1.54) is 16.9 Å². The Kier molecular flexibility index (Phi) is 4.94. The molecule has 0 radical (unpaired) electrons. The number of rotatable bonds is 6. The van der Waals surface area contributed by atoms with Crippen LogP contribution < -0.4 is 0 Å². The minimum absolute atomic E-state index is 0.0136. The Morgan fingerprint density at radius 3 is 2.28 bits per heavy atom. The van der Waals surface area contributed by atoms with Crippen LogP contribution in [0.15, 0.2) is 0 Å². The molecule has 1 fully saturated rings. The Morgan fingerprint density at radius 2 is 1.89 bits per heavy atom. The highest BCUT2D eigenvalue weighted by molar-refractivity contribution is 5.84. The number of hydrogen-bond acceptors (Lipinski definition) is 4. The average molecular weight is 258 g/mol. The van der Waals surface area contributed by atoms with Gasteiger partial charge >= 0.3 is 18.0 Å². The van der Waals surface area contributed by atoms with Crippen LogP contribution in [-0.2, 0) is 14.3 Å². The molecule has 2 amide bonds. The zero-order chi connectivity index (χ0) is 13.7. The van der Waals surface area contributed by atoms with Gasteiger partial charge in [0, 0.05) is 12.6 Å². The number of likely N-dealkylation sites (N-methyl/N-ethyl adjacent to an activating group) is 1. The summed E-state index contributed by atoms with van der Waals surface area (Å²) < 4.78 is 4.50. The Balaban J connectivity index is 2.66. The van der Waals surface area contributed by atoms with Crippen molar-refractivity contribution in [2.24, 2.45) is 0 Å². The smallest absolute Gasteiger partial charge is 0.325 e. The number of carbonyl (C=O) groups is 3. The molecule has 1 aliphatic carbocycles. The average Bonchev–Trinajstić information content (AvgIpc) is 3.15. The van der Waals surface area contributed by atoms with Crippen molar-refractivity contribution in [3.8, 4) is 0 Å². The molecule has 1 N–H and O–H groups in total. The van der Waals surface area contributed by atoms with E-state index >= 15 is 0 Å². The van der Waals surface area contributed by atoms with Crippen molar-refractivity contribution < 1.29 is 24.2 Å². The fourth-order valence-electron chi connectivity index (χ4n) is 1.60. The maximum atomic E-state index is 12.1. The van der Waals surface area contributed by atoms with Gasteiger partial charge in [-0.2, -0.15) is 0 Å². The quantitative estimate of drug-likeness (QED) is 0.685. The summed E-state index contributed by atoms with van der Waals surface area (Å²) in [6.45, 7) is 1.57. The van der Waals surface area contributed by atoms with Crippen molar-refractivity contribution in [3.63, 3.8) is 0 Å². The molecule has 1 aliphatic rings. The van der Waals surface area contributed by atoms with Crippen LogP contribution in [0.3, 0.4) is 0 Å². The standard InChI is InChI=1S/C11H18N2O5/c1-3-12(7-10(16)18-2)11(17)13(6-9(14)15)8-4-5-8/h8H,3-7H2,1-2H3,(H,14,15). The number of carboxylic acids is 1. The number of carbonyl (C=O) groups excluding carboxylic acids is 2. The first kappa shape index (κ1) is 14.3. The van der Waals surface area contributed by atoms with Crippen molar-refractivity contribution in [1.82, 2.24) is 9.80 Å². The van der Waals surface area contributed by atoms with E-state index in [2.05, 4.69) is 4.74 Å². The monoisotopic (exact) mass is 258 g/mol. The lowest BCUT2D eigenvalue weighted by molar-refractivity contribution is -0.141. The molecular formula is C11H18N2O5. The number of nitrogens with zero attached hydrogens (tertiary/aromatic N) is 2. The van der Waals surface area contributed by atoms with E-state index in [0.717, 1.165) is 12.8 Å². The predicted molar refractivity (Wildman–Crippen MR) is 62.0 cm³/mol. The third-order valence-electron chi connectivity index (χ3n) is 2.74. The Labute approximate surface area is 105 Å². The van der Waals surface area contributed by atoms with Crippen molar-refractivity contribution in [2.75, 3.05) is 26.7 Å². The molecule has 0 unspecified atom stereocenters. The third kappa shape index (κ3) is 3.90. The number of esters is 1. The summed E-state index contributed by atoms with van der Waals surface area (Å²) in [5.41, 5.74) is 0. The van der Waals surface area contributed by atoms with Crippen molar-refractivity contribution in [3.05, 3.63) is 0 Å². The molecule has 102 valence electrons. The highest BCUT2D eigenvalue weighted by atomic mass is 16.5. The zero-order valence-corrected chi connectivity index (χ0v) is 10.6. The first-order chi connectivity index (χ1) is 8.49. The van der Waals surface area contributed by atoms with Gasteiger partial charge in [0.15, 0.2) is 0 Å². The van der Waals surface area contributed by atoms with Gasteiger partial charge in [0.25, 0.3) is 0 Å². The van der Waals surface area contributed by atoms with Crippen LogP contribution >= 0.6 is 0 Å². The Bertz CT molecular complexity index is 340. The predicted octanol–water partition coefficient (Wildman–Crippen LogP) is 0.150. The van der Waals surface area contributed by atoms with Gasteiger partial charge in [0.05, 0.1) is 7.11 Å². The van der Waals surface area contributed by atoms with Gasteiger partial charge in [-0.25, -0.2) is 4.79 Å². The zero-order valence-electron chi connectivity index (χ0n) is 10.6. The molecule has 1 saturated carbocycles. The van der Waals surface area contributed by atoms with Gasteiger partial charge in [-0.3, -0.25) is 9.59 Å². The second-order valence-electron chi connectivity index (χ2n) is 4.13. The first-order valence-corrected chi connectivity index (χ1v) is 5.83. The van der Waals surface area contributed by atoms with Gasteiger partial charge in [-0.15, -0.1) is 0 Å². The number of methoxy groups -OCH3 is 1. The summed E-state index contributed by atoms with van der Waals surface area (Å²) in [5, 5.41) is 8.79. The van der Waals surface area contributed by atoms with Crippen LogP contribution in [-0.4, -0.2) is 65.7 Å². The van der Waals surface area contributed by atoms with Gasteiger partial charge in [-0.05, 0) is 19.8 Å². The number of carboxylic acid groups (broad SMARTS) is 1. The summed E-state index contributed by atoms with van der Waals surface area (Å²) in [7, 11) is 1.25. The lowest BCUT2D eigenvalue weighted by atomic mass is 10.4. The fourth-order valence-corrected chi connectivity index (χ4v) is 1.60. The largest absolute Gasteiger partial charge is 0.480 e. The number of urea groups is 1. The second kappa shape index (κ2) is 6.23. The van der Waals surface area contributed by atoms with Crippen LogP contribution in [0.4, 0.5) is 4.79 Å². The lowest BCUT2D eigenvalue weighted by Gasteiger charge is -2.28. The summed E-state index contributed by atoms with van der Waals surface area (Å²) in [6.07, 6.45) is 1.63. The van der Waals surface area contributed by atoms with Gasteiger partial charge < -0.3 is 19.6 Å². The maximum absolute atomic E-state index is 12.1. The summed E-state index contributed by atoms with van der Waals surface area (Å²) >= 11 is 0. The highest BCUT2D eigenvalue weighted by Gasteiger charge is 2.36. The topological polar surface area (TPSA) is 87.2 Å². The molecule has 0 spiro atoms. The molecule has 0 aromatic carbocycles. The van der Waals surface area contributed by atoms with Gasteiger partial charge in [-0.1, -0.05) is 0 Å². The second-order valence-corrected chi connectivity index (χ2v) is 4.13. The molecule has 18 heavy (non-hydrogen) atoms. The van der Waals surface area contributed by atoms with E-state index in [-0.39, 0.29) is 19.1 Å². The SMILES string of the molecule is CCN(CC(=O)OC)C(=O)N(CC(=O)O)C1CC1. The molecule has 0 aliphatic heterocycles. The van der Waals surface area contributed by atoms with E-state index in [4.69, 9.17) is 5.11 Å². The van der Waals surface area contributed by atoms with Crippen LogP contribution in [0.1, 0.15) is 19.8 Å². The van der Waals surface area contributed by atoms with E-state index in [0.29, 0.717) is 6.54 Å². The molecule has 0 bridgehead atoms. The van der Waals surface area contributed by atoms with Crippen LogP contribution in [0.2, 0.25) is 0 Å². The third-order valence-corrected chi connectivity index (χ3v) is 2.74. The maximum Gasteiger partial charge on any atom is 0.325 e. The number of amides is 2. The molecule has 0 atom stereocenters. The number of ether oxygens (including phenoxy) is 1. The molecule has 7 heteroatoms. The summed E-state index contributed by atoms with van der Waals surface area (Å²) in [6, 6.07) is -0.437. The molecule has 0 saturated heterocycles. The minimum Gasteiger partial charge on any atom is -0.480 e. The van der Waals surface area contributed by atoms with Crippen molar-refractivity contribution in [2.45, 2.75) is 25.8 Å². The van der Waals surface area contributed by atoms with Crippen LogP contribution in [0.5, 0.6) is 0 Å². The number of aliphatic carboxylic acids is 1. The molecule has 1 rings (SSSR count). The normalized spacial score (nSPS) is 13.9. The summed E-state index contributed by atoms with van der Waals surface area (Å²) in [4.78, 5) is 36.6. The van der Waals surface area contributed by atoms with E-state index < -0.39 is 18.0 Å². The Hall–Kier alpha value is -1.79. The lowest BCUT2D eigenvalue weighted by Crippen LogP contribution is -2.48. The van der Waals surface area contributed by atoms with Crippen LogP contribution in [0, 0.1) is 0 Å². The van der Waals surface area contributed by atoms with Gasteiger partial charge in [0.2, 0.25) is 0 Å².